The Kier molecular flexibility index (Phi) is 3.67. The van der Waals surface area contributed by atoms with Crippen LogP contribution >= 0.6 is 0 Å². The number of carbonyl (C=O) groups is 1. The SMILES string of the molecule is CS(=O)(=O)C1CCCC1=NOCC(=O)O. The molecule has 0 radical (unpaired) electrons. The third-order valence-electron chi connectivity index (χ3n) is 2.16. The number of sulfone groups is 1. The number of hydrogen-bond donors (Lipinski definition) is 1. The van der Waals surface area contributed by atoms with Crippen LogP contribution in [0.4, 0.5) is 0 Å². The molecule has 1 N–H and O–H groups in total. The van der Waals surface area contributed by atoms with E-state index >= 15 is 0 Å². The number of aliphatic carboxylic acids is 1. The Morgan fingerprint density at radius 2 is 2.33 bits per heavy atom. The minimum atomic E-state index is -3.16. The highest BCUT2D eigenvalue weighted by atomic mass is 32.2. The maximum absolute atomic E-state index is 11.3. The molecule has 1 aliphatic carbocycles. The first kappa shape index (κ1) is 12.0. The number of nitrogens with zero attached hydrogens (tertiary/aromatic N) is 1. The predicted molar refractivity (Wildman–Crippen MR) is 53.5 cm³/mol. The highest BCUT2D eigenvalue weighted by Crippen LogP contribution is 2.22. The molecule has 1 unspecified atom stereocenters. The molecule has 0 saturated heterocycles. The van der Waals surface area contributed by atoms with Gasteiger partial charge in [0, 0.05) is 6.26 Å². The normalized spacial score (nSPS) is 24.3. The Morgan fingerprint density at radius 1 is 1.67 bits per heavy atom. The molecule has 0 aromatic heterocycles. The van der Waals surface area contributed by atoms with Gasteiger partial charge < -0.3 is 9.94 Å². The summed E-state index contributed by atoms with van der Waals surface area (Å²) >= 11 is 0. The van der Waals surface area contributed by atoms with Crippen LogP contribution in [0, 0.1) is 0 Å². The molecule has 0 aromatic carbocycles. The van der Waals surface area contributed by atoms with Crippen LogP contribution in [-0.2, 0) is 19.5 Å². The summed E-state index contributed by atoms with van der Waals surface area (Å²) in [7, 11) is -3.16. The average Bonchev–Trinajstić information content (AvgIpc) is 2.50. The molecule has 1 saturated carbocycles. The maximum Gasteiger partial charge on any atom is 0.344 e. The average molecular weight is 235 g/mol. The van der Waals surface area contributed by atoms with Crippen molar-refractivity contribution < 1.29 is 23.2 Å². The lowest BCUT2D eigenvalue weighted by molar-refractivity contribution is -0.142. The van der Waals surface area contributed by atoms with E-state index in [1.165, 1.54) is 0 Å². The van der Waals surface area contributed by atoms with Crippen molar-refractivity contribution in [1.82, 2.24) is 0 Å². The third-order valence-corrected chi connectivity index (χ3v) is 3.70. The summed E-state index contributed by atoms with van der Waals surface area (Å²) in [5, 5.41) is 11.3. The first-order valence-corrected chi connectivity index (χ1v) is 6.46. The second-order valence-electron chi connectivity index (χ2n) is 3.46. The minimum Gasteiger partial charge on any atom is -0.479 e. The van der Waals surface area contributed by atoms with Gasteiger partial charge in [0.05, 0.1) is 5.71 Å². The highest BCUT2D eigenvalue weighted by molar-refractivity contribution is 7.92. The molecule has 0 bridgehead atoms. The Balaban J connectivity index is 2.65. The van der Waals surface area contributed by atoms with Gasteiger partial charge in [0.25, 0.3) is 0 Å². The van der Waals surface area contributed by atoms with Gasteiger partial charge in [0.2, 0.25) is 6.61 Å². The summed E-state index contributed by atoms with van der Waals surface area (Å²) in [6.07, 6.45) is 2.98. The molecule has 0 heterocycles. The Labute approximate surface area is 87.8 Å². The second-order valence-corrected chi connectivity index (χ2v) is 5.69. The third kappa shape index (κ3) is 3.50. The molecule has 0 amide bonds. The minimum absolute atomic E-state index is 0.429. The molecule has 1 rings (SSSR count). The van der Waals surface area contributed by atoms with E-state index in [4.69, 9.17) is 5.11 Å². The van der Waals surface area contributed by atoms with E-state index < -0.39 is 27.7 Å². The molecule has 86 valence electrons. The van der Waals surface area contributed by atoms with Gasteiger partial charge in [-0.15, -0.1) is 0 Å². The van der Waals surface area contributed by atoms with Crippen LogP contribution in [0.5, 0.6) is 0 Å². The van der Waals surface area contributed by atoms with Crippen LogP contribution in [0.15, 0.2) is 5.16 Å². The lowest BCUT2D eigenvalue weighted by Crippen LogP contribution is -2.24. The standard InChI is InChI=1S/C8H13NO5S/c1-15(12,13)7-4-2-3-6(7)9-14-5-8(10)11/h7H,2-5H2,1H3,(H,10,11). The topological polar surface area (TPSA) is 93.0 Å². The molecule has 7 heteroatoms. The van der Waals surface area contributed by atoms with Crippen molar-refractivity contribution in [3.05, 3.63) is 0 Å². The molecule has 1 fully saturated rings. The fourth-order valence-electron chi connectivity index (χ4n) is 1.53. The molecular weight excluding hydrogens is 222 g/mol. The lowest BCUT2D eigenvalue weighted by Gasteiger charge is -2.07. The molecule has 15 heavy (non-hydrogen) atoms. The zero-order valence-electron chi connectivity index (χ0n) is 8.34. The predicted octanol–water partition coefficient (Wildman–Crippen LogP) is 0.0407. The Morgan fingerprint density at radius 3 is 2.87 bits per heavy atom. The van der Waals surface area contributed by atoms with Crippen molar-refractivity contribution in [2.45, 2.75) is 24.5 Å². The fraction of sp³-hybridized carbons (Fsp3) is 0.750. The highest BCUT2D eigenvalue weighted by Gasteiger charge is 2.31. The van der Waals surface area contributed by atoms with E-state index in [2.05, 4.69) is 9.99 Å². The second kappa shape index (κ2) is 4.61. The van der Waals surface area contributed by atoms with Crippen molar-refractivity contribution in [1.29, 1.82) is 0 Å². The van der Waals surface area contributed by atoms with Gasteiger partial charge >= 0.3 is 5.97 Å². The number of rotatable bonds is 4. The Bertz CT molecular complexity index is 372. The van der Waals surface area contributed by atoms with Crippen molar-refractivity contribution in [2.75, 3.05) is 12.9 Å². The van der Waals surface area contributed by atoms with E-state index in [1.54, 1.807) is 0 Å². The number of carboxylic acid groups (broad SMARTS) is 1. The first-order chi connectivity index (χ1) is 6.91. The van der Waals surface area contributed by atoms with Crippen molar-refractivity contribution in [3.63, 3.8) is 0 Å². The summed E-state index contributed by atoms with van der Waals surface area (Å²) in [4.78, 5) is 14.7. The van der Waals surface area contributed by atoms with Gasteiger partial charge in [-0.05, 0) is 19.3 Å². The number of hydrogen-bond acceptors (Lipinski definition) is 5. The summed E-state index contributed by atoms with van der Waals surface area (Å²) in [6.45, 7) is -0.542. The van der Waals surface area contributed by atoms with E-state index in [1.807, 2.05) is 0 Å². The zero-order chi connectivity index (χ0) is 11.5. The van der Waals surface area contributed by atoms with Gasteiger partial charge in [0.15, 0.2) is 9.84 Å². The van der Waals surface area contributed by atoms with Crippen LogP contribution in [0.25, 0.3) is 0 Å². The van der Waals surface area contributed by atoms with E-state index in [0.717, 1.165) is 12.7 Å². The summed E-state index contributed by atoms with van der Waals surface area (Å²) < 4.78 is 22.6. The van der Waals surface area contributed by atoms with Crippen molar-refractivity contribution in [3.8, 4) is 0 Å². The monoisotopic (exact) mass is 235 g/mol. The molecule has 6 nitrogen and oxygen atoms in total. The van der Waals surface area contributed by atoms with Crippen LogP contribution in [0.3, 0.4) is 0 Å². The summed E-state index contributed by atoms with van der Waals surface area (Å²) in [5.41, 5.74) is 0.429. The fourth-order valence-corrected chi connectivity index (χ4v) is 2.78. The lowest BCUT2D eigenvalue weighted by atomic mass is 10.3. The van der Waals surface area contributed by atoms with Gasteiger partial charge in [-0.25, -0.2) is 13.2 Å². The Hall–Kier alpha value is -1.11. The van der Waals surface area contributed by atoms with Gasteiger partial charge in [0.1, 0.15) is 5.25 Å². The van der Waals surface area contributed by atoms with Crippen LogP contribution < -0.4 is 0 Å². The van der Waals surface area contributed by atoms with Crippen molar-refractivity contribution >= 4 is 21.5 Å². The maximum atomic E-state index is 11.3. The van der Waals surface area contributed by atoms with Crippen LogP contribution in [0.1, 0.15) is 19.3 Å². The number of carboxylic acids is 1. The molecule has 1 atom stereocenters. The molecule has 1 aliphatic rings. The van der Waals surface area contributed by atoms with E-state index in [9.17, 15) is 13.2 Å². The van der Waals surface area contributed by atoms with E-state index in [0.29, 0.717) is 18.6 Å². The first-order valence-electron chi connectivity index (χ1n) is 4.50. The van der Waals surface area contributed by atoms with Crippen molar-refractivity contribution in [2.24, 2.45) is 5.16 Å². The number of oxime groups is 1. The zero-order valence-corrected chi connectivity index (χ0v) is 9.16. The van der Waals surface area contributed by atoms with Gasteiger partial charge in [-0.3, -0.25) is 0 Å². The molecule has 0 aromatic rings. The van der Waals surface area contributed by atoms with E-state index in [-0.39, 0.29) is 0 Å². The largest absolute Gasteiger partial charge is 0.479 e. The smallest absolute Gasteiger partial charge is 0.344 e. The molecule has 0 aliphatic heterocycles. The molecule has 0 spiro atoms. The quantitative estimate of drug-likeness (QED) is 0.694. The van der Waals surface area contributed by atoms with Gasteiger partial charge in [-0.1, -0.05) is 5.16 Å². The molecular formula is C8H13NO5S. The van der Waals surface area contributed by atoms with Crippen LogP contribution in [0.2, 0.25) is 0 Å². The summed E-state index contributed by atoms with van der Waals surface area (Å²) in [5.74, 6) is -1.13. The van der Waals surface area contributed by atoms with Crippen LogP contribution in [-0.4, -0.2) is 43.3 Å². The van der Waals surface area contributed by atoms with Gasteiger partial charge in [-0.2, -0.15) is 0 Å². The summed E-state index contributed by atoms with van der Waals surface area (Å²) in [6, 6.07) is 0.